The van der Waals surface area contributed by atoms with Gasteiger partial charge in [-0.25, -0.2) is 0 Å². The second kappa shape index (κ2) is 14.8. The van der Waals surface area contributed by atoms with Crippen LogP contribution in [0.5, 0.6) is 0 Å². The Bertz CT molecular complexity index is 3780. The number of anilines is 5. The lowest BCUT2D eigenvalue weighted by molar-refractivity contribution is 0.590. The van der Waals surface area contributed by atoms with Gasteiger partial charge in [-0.3, -0.25) is 0 Å². The summed E-state index contributed by atoms with van der Waals surface area (Å²) in [7, 11) is 0. The molecule has 0 saturated heterocycles. The average Bonchev–Trinajstić information content (AvgIpc) is 3.92. The van der Waals surface area contributed by atoms with Crippen LogP contribution in [0, 0.1) is 0 Å². The molecule has 2 aliphatic rings. The molecular formula is C62H49BN2S2. The van der Waals surface area contributed by atoms with Crippen molar-refractivity contribution in [1.29, 1.82) is 0 Å². The minimum Gasteiger partial charge on any atom is -0.376 e. The molecular weight excluding hydrogens is 848 g/mol. The Kier molecular flexibility index (Phi) is 8.91. The first-order valence-electron chi connectivity index (χ1n) is 23.5. The number of hydrogen-bond acceptors (Lipinski definition) is 4. The summed E-state index contributed by atoms with van der Waals surface area (Å²) in [6.07, 6.45) is 0. The van der Waals surface area contributed by atoms with Crippen LogP contribution in [0.25, 0.3) is 73.7 Å². The Morgan fingerprint density at radius 3 is 1.75 bits per heavy atom. The molecule has 4 heterocycles. The molecule has 11 aromatic rings. The normalized spacial score (nSPS) is 13.4. The van der Waals surface area contributed by atoms with Gasteiger partial charge in [-0.05, 0) is 127 Å². The van der Waals surface area contributed by atoms with Gasteiger partial charge in [0.05, 0.1) is 16.1 Å². The van der Waals surface area contributed by atoms with E-state index in [0.29, 0.717) is 0 Å². The third kappa shape index (κ3) is 6.21. The van der Waals surface area contributed by atoms with Crippen LogP contribution in [0.2, 0.25) is 0 Å². The Morgan fingerprint density at radius 2 is 1.03 bits per heavy atom. The molecule has 0 saturated carbocycles. The second-order valence-electron chi connectivity index (χ2n) is 20.5. The molecule has 67 heavy (non-hydrogen) atoms. The monoisotopic (exact) mass is 896 g/mol. The van der Waals surface area contributed by atoms with Crippen molar-refractivity contribution in [3.63, 3.8) is 0 Å². The van der Waals surface area contributed by atoms with Crippen molar-refractivity contribution in [2.75, 3.05) is 9.71 Å². The van der Waals surface area contributed by atoms with Crippen LogP contribution in [0.4, 0.5) is 28.4 Å². The Labute approximate surface area is 401 Å². The highest BCUT2D eigenvalue weighted by atomic mass is 32.1. The van der Waals surface area contributed by atoms with E-state index in [4.69, 9.17) is 0 Å². The van der Waals surface area contributed by atoms with E-state index in [1.54, 1.807) is 0 Å². The molecule has 0 atom stereocenters. The molecule has 0 N–H and O–H groups in total. The van der Waals surface area contributed by atoms with Crippen molar-refractivity contribution in [3.8, 4) is 33.4 Å². The summed E-state index contributed by atoms with van der Waals surface area (Å²) in [5.41, 5.74) is 18.9. The van der Waals surface area contributed by atoms with Gasteiger partial charge in [0.1, 0.15) is 0 Å². The molecule has 0 fully saturated rings. The minimum absolute atomic E-state index is 0.0179. The lowest BCUT2D eigenvalue weighted by Crippen LogP contribution is -2.61. The van der Waals surface area contributed by atoms with Crippen molar-refractivity contribution in [1.82, 2.24) is 0 Å². The van der Waals surface area contributed by atoms with Crippen molar-refractivity contribution in [2.45, 2.75) is 52.4 Å². The van der Waals surface area contributed by atoms with Crippen molar-refractivity contribution in [3.05, 3.63) is 199 Å². The molecule has 322 valence electrons. The maximum Gasteiger partial charge on any atom is 0.333 e. The topological polar surface area (TPSA) is 6.48 Å². The quantitative estimate of drug-likeness (QED) is 0.162. The van der Waals surface area contributed by atoms with Gasteiger partial charge in [-0.2, -0.15) is 0 Å². The van der Waals surface area contributed by atoms with Crippen LogP contribution in [0.1, 0.15) is 52.7 Å². The molecule has 0 radical (unpaired) electrons. The summed E-state index contributed by atoms with van der Waals surface area (Å²) in [6.45, 7) is 13.8. The fourth-order valence-corrected chi connectivity index (χ4v) is 13.4. The number of benzene rings is 9. The number of thiophene rings is 2. The van der Waals surface area contributed by atoms with Crippen LogP contribution >= 0.6 is 22.7 Å². The summed E-state index contributed by atoms with van der Waals surface area (Å²) >= 11 is 3.85. The van der Waals surface area contributed by atoms with Crippen molar-refractivity contribution >= 4 is 109 Å². The maximum atomic E-state index is 2.71. The number of rotatable bonds is 4. The highest BCUT2D eigenvalue weighted by Gasteiger charge is 2.48. The van der Waals surface area contributed by atoms with E-state index in [1.165, 1.54) is 124 Å². The molecule has 13 rings (SSSR count). The largest absolute Gasteiger partial charge is 0.376 e. The van der Waals surface area contributed by atoms with Gasteiger partial charge in [-0.1, -0.05) is 169 Å². The van der Waals surface area contributed by atoms with Gasteiger partial charge in [0.15, 0.2) is 0 Å². The van der Waals surface area contributed by atoms with Gasteiger partial charge in [0.2, 0.25) is 0 Å². The standard InChI is InChI=1S/C62H49BN2S2/c1-61(2,3)41-26-29-43(30-27-41)65-52-35-40(38-17-9-7-10-18-38)25-31-44(52)48-37-49-45-21-13-15-23-53(45)67-60(49)59-57(48)63(65)58-51(33-34-55-56(58)46-22-14-16-24-54(46)66-55)64(59)50-32-28-42(62(4,5)6)36-47(50)39-19-11-8-12-20-39/h7-37H,1-6H3. The zero-order valence-corrected chi connectivity index (χ0v) is 40.3. The summed E-state index contributed by atoms with van der Waals surface area (Å²) in [5, 5.41) is 5.26. The summed E-state index contributed by atoms with van der Waals surface area (Å²) in [4.78, 5) is 5.40. The summed E-state index contributed by atoms with van der Waals surface area (Å²) < 4.78 is 5.24. The third-order valence-electron chi connectivity index (χ3n) is 14.4. The molecule has 0 bridgehead atoms. The first kappa shape index (κ1) is 40.4. The van der Waals surface area contributed by atoms with Crippen LogP contribution in [0.15, 0.2) is 188 Å². The second-order valence-corrected chi connectivity index (χ2v) is 22.6. The van der Waals surface area contributed by atoms with Gasteiger partial charge in [-0.15, -0.1) is 22.7 Å². The molecule has 2 nitrogen and oxygen atoms in total. The van der Waals surface area contributed by atoms with E-state index >= 15 is 0 Å². The summed E-state index contributed by atoms with van der Waals surface area (Å²) in [5.74, 6) is 0. The van der Waals surface area contributed by atoms with Gasteiger partial charge < -0.3 is 9.71 Å². The van der Waals surface area contributed by atoms with E-state index in [9.17, 15) is 0 Å². The number of fused-ring (bicyclic) bond motifs is 12. The predicted molar refractivity (Wildman–Crippen MR) is 294 cm³/mol. The number of nitrogens with zero attached hydrogens (tertiary/aromatic N) is 2. The maximum absolute atomic E-state index is 2.71. The molecule has 5 heteroatoms. The van der Waals surface area contributed by atoms with Crippen molar-refractivity contribution in [2.24, 2.45) is 0 Å². The van der Waals surface area contributed by atoms with Crippen LogP contribution in [-0.4, -0.2) is 6.85 Å². The summed E-state index contributed by atoms with van der Waals surface area (Å²) in [6, 6.07) is 71.5. The lowest BCUT2D eigenvalue weighted by Gasteiger charge is -2.46. The zero-order valence-electron chi connectivity index (χ0n) is 38.7. The molecule has 0 spiro atoms. The Hall–Kier alpha value is -6.92. The van der Waals surface area contributed by atoms with Gasteiger partial charge in [0, 0.05) is 53.1 Å². The number of hydrogen-bond donors (Lipinski definition) is 0. The predicted octanol–water partition coefficient (Wildman–Crippen LogP) is 17.1. The molecule has 2 aromatic heterocycles. The van der Waals surface area contributed by atoms with Gasteiger partial charge >= 0.3 is 6.85 Å². The first-order chi connectivity index (χ1) is 32.5. The van der Waals surface area contributed by atoms with Crippen LogP contribution in [0.3, 0.4) is 0 Å². The SMILES string of the molecule is CC(C)(C)c1ccc(N2B3c4c(cc5c(sc6ccccc65)c4N(c4ccc(C(C)(C)C)cc4-c4ccccc4)c4ccc5sc6ccccc6c5c43)-c3ccc(-c4ccccc4)cc32)cc1. The average molecular weight is 897 g/mol. The zero-order chi connectivity index (χ0) is 45.3. The third-order valence-corrected chi connectivity index (χ3v) is 16.7. The first-order valence-corrected chi connectivity index (χ1v) is 25.2. The minimum atomic E-state index is -0.152. The van der Waals surface area contributed by atoms with Crippen LogP contribution in [-0.2, 0) is 10.8 Å². The van der Waals surface area contributed by atoms with Gasteiger partial charge in [0.25, 0.3) is 0 Å². The van der Waals surface area contributed by atoms with E-state index in [2.05, 4.69) is 239 Å². The highest BCUT2D eigenvalue weighted by Crippen LogP contribution is 2.55. The molecule has 0 unspecified atom stereocenters. The molecule has 2 aliphatic heterocycles. The van der Waals surface area contributed by atoms with E-state index < -0.39 is 0 Å². The van der Waals surface area contributed by atoms with E-state index in [1.807, 2.05) is 22.7 Å². The molecule has 9 aromatic carbocycles. The molecule has 0 aliphatic carbocycles. The fourth-order valence-electron chi connectivity index (χ4n) is 11.0. The van der Waals surface area contributed by atoms with E-state index in [-0.39, 0.29) is 17.7 Å². The van der Waals surface area contributed by atoms with Crippen molar-refractivity contribution < 1.29 is 0 Å². The van der Waals surface area contributed by atoms with Crippen LogP contribution < -0.4 is 20.6 Å². The fraction of sp³-hybridized carbons (Fsp3) is 0.129. The Balaban J connectivity index is 1.23. The highest BCUT2D eigenvalue weighted by molar-refractivity contribution is 7.27. The smallest absolute Gasteiger partial charge is 0.333 e. The molecule has 0 amide bonds. The Morgan fingerprint density at radius 1 is 0.403 bits per heavy atom. The lowest BCUT2D eigenvalue weighted by atomic mass is 9.42. The van der Waals surface area contributed by atoms with E-state index in [0.717, 1.165) is 0 Å².